The monoisotopic (exact) mass is 378 g/mol. The number of rotatable bonds is 3. The number of hydrogen-bond donors (Lipinski definition) is 0. The van der Waals surface area contributed by atoms with Crippen molar-refractivity contribution in [1.82, 2.24) is 14.5 Å². The summed E-state index contributed by atoms with van der Waals surface area (Å²) in [6.07, 6.45) is 3.03. The number of aryl methyl sites for hydroxylation is 1. The summed E-state index contributed by atoms with van der Waals surface area (Å²) in [5.74, 6) is 0.654. The fourth-order valence-electron chi connectivity index (χ4n) is 3.45. The lowest BCUT2D eigenvalue weighted by Crippen LogP contribution is -2.48. The maximum Gasteiger partial charge on any atom is 0.259 e. The Morgan fingerprint density at radius 2 is 2.00 bits per heavy atom. The Hall–Kier alpha value is -1.56. The standard InChI is InChI=1S/C18H20Cl2N4O/c1-3-14-11(2)21-18-23(16-7-4-12(19)8-15(16)20)9-22(13-5-6-13)10-24(18)17(14)25/h4,7-8,13H,3,5-6,9-10H2,1-2H3. The third-order valence-corrected chi connectivity index (χ3v) is 5.49. The number of halogens is 2. The molecule has 1 saturated carbocycles. The molecular weight excluding hydrogens is 359 g/mol. The molecule has 0 atom stereocenters. The molecule has 0 spiro atoms. The van der Waals surface area contributed by atoms with E-state index in [0.29, 0.717) is 41.8 Å². The molecule has 0 amide bonds. The molecule has 0 N–H and O–H groups in total. The van der Waals surface area contributed by atoms with Crippen molar-refractivity contribution in [3.8, 4) is 0 Å². The van der Waals surface area contributed by atoms with Crippen LogP contribution in [0.3, 0.4) is 0 Å². The van der Waals surface area contributed by atoms with Gasteiger partial charge in [-0.3, -0.25) is 19.2 Å². The van der Waals surface area contributed by atoms with Crippen molar-refractivity contribution in [1.29, 1.82) is 0 Å². The highest BCUT2D eigenvalue weighted by atomic mass is 35.5. The van der Waals surface area contributed by atoms with Crippen LogP contribution in [0.1, 0.15) is 31.0 Å². The largest absolute Gasteiger partial charge is 0.297 e. The van der Waals surface area contributed by atoms with Gasteiger partial charge in [-0.2, -0.15) is 0 Å². The zero-order valence-corrected chi connectivity index (χ0v) is 15.8. The van der Waals surface area contributed by atoms with Crippen LogP contribution in [0.4, 0.5) is 11.6 Å². The minimum atomic E-state index is 0.0467. The molecule has 0 radical (unpaired) electrons. The van der Waals surface area contributed by atoms with Gasteiger partial charge in [0.25, 0.3) is 5.56 Å². The number of nitrogens with zero attached hydrogens (tertiary/aromatic N) is 4. The Labute approximate surface area is 156 Å². The SMILES string of the molecule is CCc1c(C)nc2n(c1=O)CN(C1CC1)CN2c1ccc(Cl)cc1Cl. The van der Waals surface area contributed by atoms with Gasteiger partial charge in [0.2, 0.25) is 5.95 Å². The number of fused-ring (bicyclic) bond motifs is 1. The first-order chi connectivity index (χ1) is 12.0. The minimum Gasteiger partial charge on any atom is -0.297 e. The Kier molecular flexibility index (Phi) is 4.26. The first kappa shape index (κ1) is 16.9. The second kappa shape index (κ2) is 6.31. The third kappa shape index (κ3) is 2.94. The number of anilines is 2. The van der Waals surface area contributed by atoms with Crippen LogP contribution in [0.25, 0.3) is 0 Å². The highest BCUT2D eigenvalue weighted by Crippen LogP contribution is 2.37. The Morgan fingerprint density at radius 3 is 2.64 bits per heavy atom. The van der Waals surface area contributed by atoms with Crippen molar-refractivity contribution in [3.05, 3.63) is 49.9 Å². The van der Waals surface area contributed by atoms with Gasteiger partial charge in [-0.05, 0) is 44.4 Å². The van der Waals surface area contributed by atoms with Gasteiger partial charge in [-0.25, -0.2) is 4.98 Å². The van der Waals surface area contributed by atoms with Gasteiger partial charge < -0.3 is 0 Å². The summed E-state index contributed by atoms with van der Waals surface area (Å²) in [5.41, 5.74) is 2.43. The molecule has 5 nitrogen and oxygen atoms in total. The van der Waals surface area contributed by atoms with E-state index < -0.39 is 0 Å². The molecule has 2 aromatic rings. The molecule has 7 heteroatoms. The quantitative estimate of drug-likeness (QED) is 0.810. The lowest BCUT2D eigenvalue weighted by molar-refractivity contribution is 0.188. The molecule has 2 aliphatic rings. The van der Waals surface area contributed by atoms with Crippen molar-refractivity contribution in [3.63, 3.8) is 0 Å². The molecule has 0 saturated heterocycles. The van der Waals surface area contributed by atoms with E-state index in [1.807, 2.05) is 30.9 Å². The molecule has 2 heterocycles. The maximum absolute atomic E-state index is 13.0. The van der Waals surface area contributed by atoms with Gasteiger partial charge in [0.1, 0.15) is 0 Å². The highest BCUT2D eigenvalue weighted by Gasteiger charge is 2.36. The van der Waals surface area contributed by atoms with Gasteiger partial charge in [-0.1, -0.05) is 30.1 Å². The van der Waals surface area contributed by atoms with Gasteiger partial charge in [0, 0.05) is 22.3 Å². The van der Waals surface area contributed by atoms with Crippen LogP contribution >= 0.6 is 23.2 Å². The van der Waals surface area contributed by atoms with Crippen LogP contribution in [0.2, 0.25) is 10.0 Å². The molecule has 1 fully saturated rings. The predicted molar refractivity (Wildman–Crippen MR) is 101 cm³/mol. The topological polar surface area (TPSA) is 41.4 Å². The summed E-state index contributed by atoms with van der Waals surface area (Å²) in [6, 6.07) is 5.96. The van der Waals surface area contributed by atoms with E-state index in [9.17, 15) is 4.79 Å². The summed E-state index contributed by atoms with van der Waals surface area (Å²) in [5, 5.41) is 1.15. The Morgan fingerprint density at radius 1 is 1.24 bits per heavy atom. The van der Waals surface area contributed by atoms with E-state index in [-0.39, 0.29) is 5.56 Å². The molecule has 1 aliphatic heterocycles. The zero-order chi connectivity index (χ0) is 17.7. The first-order valence-electron chi connectivity index (χ1n) is 8.56. The van der Waals surface area contributed by atoms with E-state index >= 15 is 0 Å². The van der Waals surface area contributed by atoms with Crippen molar-refractivity contribution in [2.24, 2.45) is 0 Å². The summed E-state index contributed by atoms with van der Waals surface area (Å²) in [7, 11) is 0. The van der Waals surface area contributed by atoms with Gasteiger partial charge in [0.15, 0.2) is 0 Å². The Bertz CT molecular complexity index is 891. The van der Waals surface area contributed by atoms with Crippen LogP contribution in [0.15, 0.2) is 23.0 Å². The second-order valence-corrected chi connectivity index (χ2v) is 7.53. The fraction of sp³-hybridized carbons (Fsp3) is 0.444. The molecule has 0 bridgehead atoms. The van der Waals surface area contributed by atoms with E-state index in [4.69, 9.17) is 28.2 Å². The fourth-order valence-corrected chi connectivity index (χ4v) is 3.96. The van der Waals surface area contributed by atoms with E-state index in [1.165, 1.54) is 12.8 Å². The molecule has 0 unspecified atom stereocenters. The molecule has 25 heavy (non-hydrogen) atoms. The lowest BCUT2D eigenvalue weighted by atomic mass is 10.2. The van der Waals surface area contributed by atoms with Crippen LogP contribution in [0.5, 0.6) is 0 Å². The zero-order valence-electron chi connectivity index (χ0n) is 14.3. The predicted octanol–water partition coefficient (Wildman–Crippen LogP) is 3.95. The van der Waals surface area contributed by atoms with E-state index in [1.54, 1.807) is 10.6 Å². The normalized spacial score (nSPS) is 17.7. The molecular formula is C18H20Cl2N4O. The molecule has 1 aromatic heterocycles. The van der Waals surface area contributed by atoms with Gasteiger partial charge in [-0.15, -0.1) is 0 Å². The summed E-state index contributed by atoms with van der Waals surface area (Å²) < 4.78 is 1.78. The lowest BCUT2D eigenvalue weighted by Gasteiger charge is -2.39. The number of benzene rings is 1. The number of hydrogen-bond acceptors (Lipinski definition) is 4. The molecule has 1 aliphatic carbocycles. The second-order valence-electron chi connectivity index (χ2n) is 6.69. The van der Waals surface area contributed by atoms with Crippen molar-refractivity contribution in [2.75, 3.05) is 11.6 Å². The summed E-state index contributed by atoms with van der Waals surface area (Å²) in [6.45, 7) is 5.15. The maximum atomic E-state index is 13.0. The van der Waals surface area contributed by atoms with Crippen LogP contribution < -0.4 is 10.5 Å². The molecule has 4 rings (SSSR count). The van der Waals surface area contributed by atoms with Gasteiger partial charge in [0.05, 0.1) is 24.0 Å². The first-order valence-corrected chi connectivity index (χ1v) is 9.32. The molecule has 132 valence electrons. The average molecular weight is 379 g/mol. The van der Waals surface area contributed by atoms with E-state index in [0.717, 1.165) is 16.9 Å². The van der Waals surface area contributed by atoms with Crippen LogP contribution in [-0.2, 0) is 13.1 Å². The van der Waals surface area contributed by atoms with E-state index in [2.05, 4.69) is 4.90 Å². The highest BCUT2D eigenvalue weighted by molar-refractivity contribution is 6.36. The molecule has 1 aromatic carbocycles. The average Bonchev–Trinajstić information content (AvgIpc) is 3.40. The van der Waals surface area contributed by atoms with Crippen LogP contribution in [-0.4, -0.2) is 27.2 Å². The Balaban J connectivity index is 1.89. The van der Waals surface area contributed by atoms with Gasteiger partial charge >= 0.3 is 0 Å². The van der Waals surface area contributed by atoms with Crippen molar-refractivity contribution >= 4 is 34.8 Å². The van der Waals surface area contributed by atoms with Crippen LogP contribution in [0, 0.1) is 6.92 Å². The van der Waals surface area contributed by atoms with Crippen molar-refractivity contribution < 1.29 is 0 Å². The smallest absolute Gasteiger partial charge is 0.259 e. The number of aromatic nitrogens is 2. The summed E-state index contributed by atoms with van der Waals surface area (Å²) >= 11 is 12.5. The van der Waals surface area contributed by atoms with Crippen molar-refractivity contribution in [2.45, 2.75) is 45.8 Å². The minimum absolute atomic E-state index is 0.0467. The third-order valence-electron chi connectivity index (χ3n) is 4.95. The summed E-state index contributed by atoms with van der Waals surface area (Å²) in [4.78, 5) is 22.1.